The summed E-state index contributed by atoms with van der Waals surface area (Å²) in [5.41, 5.74) is 7.47. The Morgan fingerprint density at radius 1 is 1.25 bits per heavy atom. The van der Waals surface area contributed by atoms with Gasteiger partial charge in [-0.2, -0.15) is 0 Å². The van der Waals surface area contributed by atoms with E-state index in [1.54, 1.807) is 23.3 Å². The highest BCUT2D eigenvalue weighted by Crippen LogP contribution is 2.25. The first-order valence-corrected chi connectivity index (χ1v) is 6.65. The lowest BCUT2D eigenvalue weighted by molar-refractivity contribution is 0.977. The van der Waals surface area contributed by atoms with Crippen molar-refractivity contribution in [2.45, 2.75) is 0 Å². The van der Waals surface area contributed by atoms with Crippen LogP contribution in [0, 0.1) is 0 Å². The van der Waals surface area contributed by atoms with Gasteiger partial charge in [-0.1, -0.05) is 22.0 Å². The minimum atomic E-state index is 0.463. The van der Waals surface area contributed by atoms with E-state index in [4.69, 9.17) is 5.73 Å². The minimum Gasteiger partial charge on any atom is -0.393 e. The molecule has 3 rings (SSSR count). The Hall–Kier alpha value is -2.41. The third kappa shape index (κ3) is 2.48. The molecule has 6 nitrogen and oxygen atoms in total. The summed E-state index contributed by atoms with van der Waals surface area (Å²) < 4.78 is 2.72. The van der Waals surface area contributed by atoms with Crippen LogP contribution in [0.2, 0.25) is 0 Å². The van der Waals surface area contributed by atoms with E-state index in [2.05, 4.69) is 36.2 Å². The van der Waals surface area contributed by atoms with E-state index in [-0.39, 0.29) is 0 Å². The summed E-state index contributed by atoms with van der Waals surface area (Å²) in [7, 11) is 0. The van der Waals surface area contributed by atoms with Gasteiger partial charge >= 0.3 is 0 Å². The number of rotatable bonds is 3. The highest BCUT2D eigenvalue weighted by atomic mass is 79.9. The fourth-order valence-corrected chi connectivity index (χ4v) is 2.18. The van der Waals surface area contributed by atoms with E-state index < -0.39 is 0 Å². The van der Waals surface area contributed by atoms with Gasteiger partial charge in [0.05, 0.1) is 0 Å². The quantitative estimate of drug-likeness (QED) is 0.771. The lowest BCUT2D eigenvalue weighted by Gasteiger charge is -2.11. The SMILES string of the molecule is Nc1c(Nc2cccc(Br)c2)ncnc1-n1ccnc1. The van der Waals surface area contributed by atoms with E-state index in [9.17, 15) is 0 Å². The molecule has 0 aliphatic carbocycles. The van der Waals surface area contributed by atoms with Crippen LogP contribution in [0.1, 0.15) is 0 Å². The fraction of sp³-hybridized carbons (Fsp3) is 0. The number of nitrogens with two attached hydrogens (primary N) is 1. The predicted octanol–water partition coefficient (Wildman–Crippen LogP) is 2.75. The van der Waals surface area contributed by atoms with Gasteiger partial charge in [0.15, 0.2) is 11.6 Å². The molecule has 0 saturated heterocycles. The van der Waals surface area contributed by atoms with Gasteiger partial charge in [0.25, 0.3) is 0 Å². The van der Waals surface area contributed by atoms with Crippen molar-refractivity contribution in [3.8, 4) is 5.82 Å². The maximum atomic E-state index is 6.11. The molecule has 2 heterocycles. The van der Waals surface area contributed by atoms with Crippen LogP contribution in [-0.4, -0.2) is 19.5 Å². The maximum Gasteiger partial charge on any atom is 0.166 e. The van der Waals surface area contributed by atoms with E-state index >= 15 is 0 Å². The Bertz CT molecular complexity index is 725. The second-order valence-electron chi connectivity index (χ2n) is 4.06. The van der Waals surface area contributed by atoms with Gasteiger partial charge in [0, 0.05) is 22.6 Å². The van der Waals surface area contributed by atoms with Crippen molar-refractivity contribution in [1.29, 1.82) is 0 Å². The third-order valence-electron chi connectivity index (χ3n) is 2.70. The van der Waals surface area contributed by atoms with Crippen molar-refractivity contribution in [2.24, 2.45) is 0 Å². The van der Waals surface area contributed by atoms with Crippen molar-refractivity contribution in [1.82, 2.24) is 19.5 Å². The van der Waals surface area contributed by atoms with Crippen molar-refractivity contribution in [3.05, 3.63) is 53.8 Å². The van der Waals surface area contributed by atoms with Crippen LogP contribution in [0.15, 0.2) is 53.8 Å². The molecule has 0 radical (unpaired) electrons. The number of anilines is 3. The first-order chi connectivity index (χ1) is 9.74. The van der Waals surface area contributed by atoms with E-state index in [1.807, 2.05) is 24.3 Å². The molecule has 2 aromatic heterocycles. The number of nitrogens with one attached hydrogen (secondary N) is 1. The van der Waals surface area contributed by atoms with Gasteiger partial charge in [-0.3, -0.25) is 4.57 Å². The lowest BCUT2D eigenvalue weighted by atomic mass is 10.3. The van der Waals surface area contributed by atoms with Crippen LogP contribution >= 0.6 is 15.9 Å². The first-order valence-electron chi connectivity index (χ1n) is 5.85. The summed E-state index contributed by atoms with van der Waals surface area (Å²) in [5.74, 6) is 1.15. The molecule has 3 aromatic rings. The summed E-state index contributed by atoms with van der Waals surface area (Å²) in [6, 6.07) is 7.76. The average Bonchev–Trinajstić information content (AvgIpc) is 2.95. The van der Waals surface area contributed by atoms with Crippen LogP contribution < -0.4 is 11.1 Å². The molecule has 1 aromatic carbocycles. The Kier molecular flexibility index (Phi) is 3.34. The summed E-state index contributed by atoms with van der Waals surface area (Å²) in [4.78, 5) is 12.3. The third-order valence-corrected chi connectivity index (χ3v) is 3.19. The van der Waals surface area contributed by atoms with Gasteiger partial charge in [0.2, 0.25) is 0 Å². The van der Waals surface area contributed by atoms with Crippen LogP contribution in [0.5, 0.6) is 0 Å². The molecule has 7 heteroatoms. The zero-order valence-corrected chi connectivity index (χ0v) is 11.9. The Balaban J connectivity index is 1.97. The van der Waals surface area contributed by atoms with Gasteiger partial charge < -0.3 is 11.1 Å². The molecule has 20 heavy (non-hydrogen) atoms. The smallest absolute Gasteiger partial charge is 0.166 e. The van der Waals surface area contributed by atoms with Crippen LogP contribution in [0.3, 0.4) is 0 Å². The van der Waals surface area contributed by atoms with Crippen molar-refractivity contribution in [3.63, 3.8) is 0 Å². The van der Waals surface area contributed by atoms with E-state index in [0.717, 1.165) is 10.2 Å². The topological polar surface area (TPSA) is 81.6 Å². The molecule has 0 saturated carbocycles. The number of imidazole rings is 1. The van der Waals surface area contributed by atoms with Gasteiger partial charge in [-0.25, -0.2) is 15.0 Å². The molecule has 0 fully saturated rings. The molecule has 0 aliphatic rings. The maximum absolute atomic E-state index is 6.11. The molecule has 3 N–H and O–H groups in total. The van der Waals surface area contributed by atoms with Crippen molar-refractivity contribution in [2.75, 3.05) is 11.1 Å². The van der Waals surface area contributed by atoms with Crippen molar-refractivity contribution < 1.29 is 0 Å². The predicted molar refractivity (Wildman–Crippen MR) is 81.0 cm³/mol. The molecule has 100 valence electrons. The van der Waals surface area contributed by atoms with Gasteiger partial charge in [-0.15, -0.1) is 0 Å². The molecule has 0 amide bonds. The lowest BCUT2D eigenvalue weighted by Crippen LogP contribution is -2.06. The molecule has 0 atom stereocenters. The largest absolute Gasteiger partial charge is 0.393 e. The first kappa shape index (κ1) is 12.6. The van der Waals surface area contributed by atoms with E-state index in [1.165, 1.54) is 6.33 Å². The number of hydrogen-bond acceptors (Lipinski definition) is 5. The summed E-state index contributed by atoms with van der Waals surface area (Å²) >= 11 is 3.42. The van der Waals surface area contributed by atoms with Gasteiger partial charge in [0.1, 0.15) is 18.3 Å². The summed E-state index contributed by atoms with van der Waals surface area (Å²) in [5, 5.41) is 3.18. The Morgan fingerprint density at radius 3 is 2.90 bits per heavy atom. The molecule has 0 spiro atoms. The number of nitrogen functional groups attached to an aromatic ring is 1. The zero-order valence-electron chi connectivity index (χ0n) is 10.4. The van der Waals surface area contributed by atoms with E-state index in [0.29, 0.717) is 17.3 Å². The Morgan fingerprint density at radius 2 is 2.15 bits per heavy atom. The molecule has 0 bridgehead atoms. The number of halogens is 1. The number of hydrogen-bond donors (Lipinski definition) is 2. The second kappa shape index (κ2) is 5.30. The number of benzene rings is 1. The number of nitrogens with zero attached hydrogens (tertiary/aromatic N) is 4. The van der Waals surface area contributed by atoms with Crippen molar-refractivity contribution >= 4 is 33.1 Å². The minimum absolute atomic E-state index is 0.463. The summed E-state index contributed by atoms with van der Waals surface area (Å²) in [6.45, 7) is 0. The highest BCUT2D eigenvalue weighted by molar-refractivity contribution is 9.10. The van der Waals surface area contributed by atoms with Crippen LogP contribution in [0.25, 0.3) is 5.82 Å². The number of aromatic nitrogens is 4. The highest BCUT2D eigenvalue weighted by Gasteiger charge is 2.09. The molecule has 0 unspecified atom stereocenters. The molecular weight excluding hydrogens is 320 g/mol. The Labute approximate surface area is 123 Å². The zero-order chi connectivity index (χ0) is 13.9. The fourth-order valence-electron chi connectivity index (χ4n) is 1.78. The molecule has 0 aliphatic heterocycles. The van der Waals surface area contributed by atoms with Crippen LogP contribution in [-0.2, 0) is 0 Å². The van der Waals surface area contributed by atoms with Crippen LogP contribution in [0.4, 0.5) is 17.2 Å². The summed E-state index contributed by atoms with van der Waals surface area (Å²) in [6.07, 6.45) is 6.55. The van der Waals surface area contributed by atoms with Gasteiger partial charge in [-0.05, 0) is 18.2 Å². The normalized spacial score (nSPS) is 10.4. The second-order valence-corrected chi connectivity index (χ2v) is 4.98. The monoisotopic (exact) mass is 330 g/mol. The molecular formula is C13H11BrN6. The standard InChI is InChI=1S/C13H11BrN6/c14-9-2-1-3-10(6-9)19-12-11(15)13(18-7-17-12)20-5-4-16-8-20/h1-8H,15H2,(H,17,18,19). The average molecular weight is 331 g/mol.